The lowest BCUT2D eigenvalue weighted by atomic mass is 9.92. The van der Waals surface area contributed by atoms with E-state index in [0.717, 1.165) is 37.8 Å². The molecule has 9 nitrogen and oxygen atoms in total. The molecular formula is C21H26F2N8O. The molecule has 0 saturated carbocycles. The van der Waals surface area contributed by atoms with E-state index in [1.54, 1.807) is 12.3 Å². The molecule has 1 N–H and O–H groups in total. The zero-order chi connectivity index (χ0) is 23.0. The van der Waals surface area contributed by atoms with Gasteiger partial charge in [-0.15, -0.1) is 5.10 Å². The fourth-order valence-electron chi connectivity index (χ4n) is 4.29. The number of amides is 1. The number of aromatic nitrogens is 5. The zero-order valence-electron chi connectivity index (χ0n) is 18.5. The smallest absolute Gasteiger partial charge is 0.303 e. The minimum Gasteiger partial charge on any atom is -0.349 e. The van der Waals surface area contributed by atoms with E-state index in [1.807, 2.05) is 13.8 Å². The molecule has 0 bridgehead atoms. The molecule has 3 aromatic heterocycles. The van der Waals surface area contributed by atoms with Crippen molar-refractivity contribution in [3.63, 3.8) is 0 Å². The molecule has 32 heavy (non-hydrogen) atoms. The Balaban J connectivity index is 0.00000119. The van der Waals surface area contributed by atoms with Crippen LogP contribution in [-0.4, -0.2) is 68.8 Å². The average molecular weight is 444 g/mol. The van der Waals surface area contributed by atoms with Crippen molar-refractivity contribution in [2.45, 2.75) is 32.7 Å². The molecular weight excluding hydrogens is 418 g/mol. The van der Waals surface area contributed by atoms with Crippen LogP contribution < -0.4 is 10.2 Å². The quantitative estimate of drug-likeness (QED) is 0.605. The lowest BCUT2D eigenvalue weighted by Gasteiger charge is -2.44. The number of carbonyl (C=O) groups is 1. The number of hydrogen-bond acceptors (Lipinski definition) is 7. The highest BCUT2D eigenvalue weighted by Crippen LogP contribution is 2.39. The highest BCUT2D eigenvalue weighted by molar-refractivity contribution is 5.93. The molecule has 11 heteroatoms. The minimum absolute atomic E-state index is 0.224. The summed E-state index contributed by atoms with van der Waals surface area (Å²) in [4.78, 5) is 27.4. The predicted octanol–water partition coefficient (Wildman–Crippen LogP) is 2.67. The van der Waals surface area contributed by atoms with E-state index in [1.165, 1.54) is 16.9 Å². The number of halogens is 2. The number of rotatable bonds is 5. The molecule has 0 aliphatic carbocycles. The maximum absolute atomic E-state index is 13.8. The van der Waals surface area contributed by atoms with Gasteiger partial charge in [0, 0.05) is 63.0 Å². The summed E-state index contributed by atoms with van der Waals surface area (Å²) >= 11 is 0. The number of nitrogens with one attached hydrogen (secondary N) is 1. The van der Waals surface area contributed by atoms with Crippen molar-refractivity contribution in [3.8, 4) is 5.82 Å². The summed E-state index contributed by atoms with van der Waals surface area (Å²) in [5.74, 6) is -1.87. The van der Waals surface area contributed by atoms with Crippen LogP contribution in [0.2, 0.25) is 0 Å². The summed E-state index contributed by atoms with van der Waals surface area (Å²) in [6.07, 6.45) is 3.47. The van der Waals surface area contributed by atoms with Crippen LogP contribution in [-0.2, 0) is 10.7 Å². The first kappa shape index (κ1) is 22.0. The molecule has 2 unspecified atom stereocenters. The molecule has 0 aromatic carbocycles. The topological polar surface area (TPSA) is 92.1 Å². The molecule has 2 aliphatic rings. The highest BCUT2D eigenvalue weighted by Gasteiger charge is 2.46. The van der Waals surface area contributed by atoms with Crippen molar-refractivity contribution in [2.75, 3.05) is 36.9 Å². The van der Waals surface area contributed by atoms with Crippen LogP contribution in [0.15, 0.2) is 24.5 Å². The van der Waals surface area contributed by atoms with Crippen LogP contribution in [0.4, 0.5) is 20.4 Å². The van der Waals surface area contributed by atoms with E-state index >= 15 is 0 Å². The second kappa shape index (κ2) is 8.38. The first-order chi connectivity index (χ1) is 15.3. The summed E-state index contributed by atoms with van der Waals surface area (Å²) in [5, 5.41) is 8.01. The van der Waals surface area contributed by atoms with Gasteiger partial charge in [-0.05, 0) is 7.05 Å². The van der Waals surface area contributed by atoms with Crippen molar-refractivity contribution in [3.05, 3.63) is 30.4 Å². The Morgan fingerprint density at radius 3 is 2.69 bits per heavy atom. The normalized spacial score (nSPS) is 20.4. The first-order valence-electron chi connectivity index (χ1n) is 10.6. The van der Waals surface area contributed by atoms with Crippen LogP contribution in [0.5, 0.6) is 0 Å². The van der Waals surface area contributed by atoms with E-state index in [9.17, 15) is 13.6 Å². The van der Waals surface area contributed by atoms with Gasteiger partial charge in [0.15, 0.2) is 11.6 Å². The first-order valence-corrected chi connectivity index (χ1v) is 10.6. The lowest BCUT2D eigenvalue weighted by Crippen LogP contribution is -2.56. The lowest BCUT2D eigenvalue weighted by molar-refractivity contribution is -0.105. The van der Waals surface area contributed by atoms with Crippen molar-refractivity contribution in [1.82, 2.24) is 29.6 Å². The maximum Gasteiger partial charge on any atom is 0.303 e. The summed E-state index contributed by atoms with van der Waals surface area (Å²) in [6, 6.07) is 3.54. The third-order valence-electron chi connectivity index (χ3n) is 5.70. The second-order valence-electron chi connectivity index (χ2n) is 7.91. The van der Waals surface area contributed by atoms with Crippen molar-refractivity contribution < 1.29 is 13.6 Å². The van der Waals surface area contributed by atoms with Gasteiger partial charge in [-0.25, -0.2) is 19.6 Å². The van der Waals surface area contributed by atoms with Crippen molar-refractivity contribution in [1.29, 1.82) is 0 Å². The zero-order valence-corrected chi connectivity index (χ0v) is 18.5. The van der Waals surface area contributed by atoms with E-state index in [-0.39, 0.29) is 5.82 Å². The van der Waals surface area contributed by atoms with Gasteiger partial charge in [0.25, 0.3) is 0 Å². The summed E-state index contributed by atoms with van der Waals surface area (Å²) in [7, 11) is 2.10. The number of likely N-dealkylation sites (tertiary alicyclic amines) is 1. The monoisotopic (exact) mass is 444 g/mol. The Bertz CT molecular complexity index is 1130. The van der Waals surface area contributed by atoms with E-state index < -0.39 is 11.7 Å². The molecule has 2 atom stereocenters. The van der Waals surface area contributed by atoms with Gasteiger partial charge in [-0.3, -0.25) is 4.79 Å². The Kier molecular flexibility index (Phi) is 5.76. The van der Waals surface area contributed by atoms with Gasteiger partial charge >= 0.3 is 5.92 Å². The standard InChI is InChI=1S/C19H20F2N8O.C2H6/c1-19(20,21)18-22-4-3-16(25-18)29-13-5-15(24-10-30)23-6-12(13)17(26-29)28-8-11-7-27(2)9-14(11)28;1-2/h3-6,10-11,14H,7-9H2,1-2H3,(H,23,24,30);1-2H3. The average Bonchev–Trinajstić information content (AvgIpc) is 3.28. The van der Waals surface area contributed by atoms with E-state index in [2.05, 4.69) is 37.1 Å². The molecule has 0 radical (unpaired) electrons. The van der Waals surface area contributed by atoms with Gasteiger partial charge in [-0.2, -0.15) is 8.78 Å². The van der Waals surface area contributed by atoms with Crippen LogP contribution in [0.3, 0.4) is 0 Å². The van der Waals surface area contributed by atoms with Gasteiger partial charge in [0.05, 0.1) is 10.9 Å². The highest BCUT2D eigenvalue weighted by atomic mass is 19.3. The Morgan fingerprint density at radius 1 is 1.22 bits per heavy atom. The van der Waals surface area contributed by atoms with E-state index in [4.69, 9.17) is 5.10 Å². The molecule has 2 fully saturated rings. The summed E-state index contributed by atoms with van der Waals surface area (Å²) < 4.78 is 29.1. The fourth-order valence-corrected chi connectivity index (χ4v) is 4.29. The Morgan fingerprint density at radius 2 is 2.00 bits per heavy atom. The van der Waals surface area contributed by atoms with E-state index in [0.29, 0.717) is 29.7 Å². The number of carbonyl (C=O) groups excluding carboxylic acids is 1. The number of anilines is 2. The number of likely N-dealkylation sites (N-methyl/N-ethyl adjacent to an activating group) is 1. The van der Waals surface area contributed by atoms with Gasteiger partial charge in [-0.1, -0.05) is 13.8 Å². The predicted molar refractivity (Wildman–Crippen MR) is 117 cm³/mol. The molecule has 170 valence electrons. The Labute approximate surface area is 184 Å². The van der Waals surface area contributed by atoms with Crippen LogP contribution in [0.25, 0.3) is 16.7 Å². The third kappa shape index (κ3) is 3.77. The van der Waals surface area contributed by atoms with Crippen LogP contribution in [0.1, 0.15) is 26.6 Å². The number of pyridine rings is 1. The number of alkyl halides is 2. The molecule has 5 heterocycles. The maximum atomic E-state index is 13.8. The molecule has 5 rings (SSSR count). The SMILES string of the molecule is CC.CN1CC2CN(c3nn(-c4ccnc(C(C)(F)F)n4)c4cc(NC=O)ncc34)C2C1. The van der Waals surface area contributed by atoms with Gasteiger partial charge in [0.1, 0.15) is 5.82 Å². The number of nitrogens with zero attached hydrogens (tertiary/aromatic N) is 7. The minimum atomic E-state index is -3.17. The second-order valence-corrected chi connectivity index (χ2v) is 7.91. The summed E-state index contributed by atoms with van der Waals surface area (Å²) in [5.41, 5.74) is 0.614. The number of fused-ring (bicyclic) bond motifs is 2. The summed E-state index contributed by atoms with van der Waals surface area (Å²) in [6.45, 7) is 7.62. The molecule has 0 spiro atoms. The molecule has 2 saturated heterocycles. The van der Waals surface area contributed by atoms with Gasteiger partial charge in [0.2, 0.25) is 12.2 Å². The molecule has 1 amide bonds. The van der Waals surface area contributed by atoms with Crippen LogP contribution in [0, 0.1) is 5.92 Å². The van der Waals surface area contributed by atoms with Crippen molar-refractivity contribution in [2.24, 2.45) is 5.92 Å². The molecule has 3 aromatic rings. The van der Waals surface area contributed by atoms with Crippen molar-refractivity contribution >= 4 is 28.9 Å². The van der Waals surface area contributed by atoms with Gasteiger partial charge < -0.3 is 15.1 Å². The van der Waals surface area contributed by atoms with Crippen LogP contribution >= 0.6 is 0 Å². The largest absolute Gasteiger partial charge is 0.349 e. The molecule has 2 aliphatic heterocycles. The number of hydrogen-bond donors (Lipinski definition) is 1. The fraction of sp³-hybridized carbons (Fsp3) is 0.476. The third-order valence-corrected chi connectivity index (χ3v) is 5.70. The Hall–Kier alpha value is -3.21.